The van der Waals surface area contributed by atoms with Crippen LogP contribution < -0.4 is 5.32 Å². The molecule has 0 radical (unpaired) electrons. The van der Waals surface area contributed by atoms with Gasteiger partial charge in [0.05, 0.1) is 12.1 Å². The molecule has 1 saturated carbocycles. The molecule has 3 aromatic heterocycles. The first-order valence-electron chi connectivity index (χ1n) is 11.3. The molecule has 0 spiro atoms. The fourth-order valence-electron chi connectivity index (χ4n) is 3.93. The van der Waals surface area contributed by atoms with E-state index in [1.807, 2.05) is 6.07 Å². The van der Waals surface area contributed by atoms with Gasteiger partial charge in [-0.05, 0) is 44.0 Å². The Morgan fingerprint density at radius 1 is 1.23 bits per heavy atom. The predicted octanol–water partition coefficient (Wildman–Crippen LogP) is 3.78. The van der Waals surface area contributed by atoms with E-state index in [1.54, 1.807) is 40.6 Å². The van der Waals surface area contributed by atoms with Crippen LogP contribution in [0.4, 0.5) is 14.9 Å². The average Bonchev–Trinajstić information content (AvgIpc) is 3.31. The minimum Gasteiger partial charge on any atom is -0.446 e. The van der Waals surface area contributed by atoms with Gasteiger partial charge in [0, 0.05) is 36.1 Å². The number of halogens is 1. The zero-order chi connectivity index (χ0) is 24.1. The molecule has 1 N–H and O–H groups in total. The van der Waals surface area contributed by atoms with E-state index in [4.69, 9.17) is 9.26 Å². The average molecular weight is 476 g/mol. The van der Waals surface area contributed by atoms with E-state index < -0.39 is 11.7 Å². The molecule has 1 aliphatic carbocycles. The van der Waals surface area contributed by atoms with Crippen molar-refractivity contribution < 1.29 is 23.2 Å². The summed E-state index contributed by atoms with van der Waals surface area (Å²) in [4.78, 5) is 35.1. The Kier molecular flexibility index (Phi) is 4.97. The van der Waals surface area contributed by atoms with Gasteiger partial charge in [-0.15, -0.1) is 0 Å². The van der Waals surface area contributed by atoms with E-state index >= 15 is 0 Å². The van der Waals surface area contributed by atoms with E-state index in [9.17, 15) is 14.0 Å². The number of nitrogens with one attached hydrogen (secondary N) is 1. The van der Waals surface area contributed by atoms with Crippen molar-refractivity contribution in [1.29, 1.82) is 0 Å². The lowest BCUT2D eigenvalue weighted by molar-refractivity contribution is 0.0603. The number of imidazole rings is 1. The number of carbonyl (C=O) groups excluding carboxylic acids is 2. The van der Waals surface area contributed by atoms with Crippen LogP contribution in [-0.2, 0) is 4.74 Å². The van der Waals surface area contributed by atoms with Gasteiger partial charge in [-0.3, -0.25) is 9.20 Å². The third kappa shape index (κ3) is 3.98. The highest BCUT2D eigenvalue weighted by atomic mass is 19.1. The molecule has 10 nitrogen and oxygen atoms in total. The number of aromatic nitrogens is 4. The van der Waals surface area contributed by atoms with Crippen LogP contribution in [0, 0.1) is 12.7 Å². The summed E-state index contributed by atoms with van der Waals surface area (Å²) < 4.78 is 27.1. The maximum absolute atomic E-state index is 14.8. The largest absolute Gasteiger partial charge is 0.446 e. The number of hydrogen-bond donors (Lipinski definition) is 1. The van der Waals surface area contributed by atoms with Gasteiger partial charge in [0.15, 0.2) is 0 Å². The minimum absolute atomic E-state index is 0.0513. The van der Waals surface area contributed by atoms with Crippen LogP contribution in [0.3, 0.4) is 0 Å². The summed E-state index contributed by atoms with van der Waals surface area (Å²) in [5.41, 5.74) is 1.88. The molecule has 2 amide bonds. The summed E-state index contributed by atoms with van der Waals surface area (Å²) in [5.74, 6) is -0.478. The Labute approximate surface area is 198 Å². The molecule has 6 rings (SSSR count). The van der Waals surface area contributed by atoms with Crippen molar-refractivity contribution >= 4 is 23.3 Å². The van der Waals surface area contributed by atoms with E-state index in [1.165, 1.54) is 12.3 Å². The molecule has 178 valence electrons. The molecule has 4 heterocycles. The number of ether oxygens (including phenoxy) is 1. The Morgan fingerprint density at radius 2 is 2.06 bits per heavy atom. The second-order valence-corrected chi connectivity index (χ2v) is 8.80. The number of rotatable bonds is 5. The second-order valence-electron chi connectivity index (χ2n) is 8.80. The molecule has 35 heavy (non-hydrogen) atoms. The number of fused-ring (bicyclic) bond motifs is 1. The smallest absolute Gasteiger partial charge is 0.410 e. The summed E-state index contributed by atoms with van der Waals surface area (Å²) in [6.45, 7) is 2.43. The number of pyridine rings is 1. The fourth-order valence-corrected chi connectivity index (χ4v) is 3.93. The SMILES string of the molecule is Cc1c(F)cc(-c2noc(C3CN(C(=O)OC4CC4)C3)n2)cc1NC(=O)c1cnc2ccccn12. The topological polar surface area (TPSA) is 115 Å². The van der Waals surface area contributed by atoms with Crippen LogP contribution in [0.5, 0.6) is 0 Å². The molecule has 2 fully saturated rings. The number of amides is 2. The highest BCUT2D eigenvalue weighted by Gasteiger charge is 2.38. The van der Waals surface area contributed by atoms with E-state index in [0.717, 1.165) is 12.8 Å². The molecule has 0 bridgehead atoms. The summed E-state index contributed by atoms with van der Waals surface area (Å²) in [6, 6.07) is 8.31. The molecule has 1 saturated heterocycles. The van der Waals surface area contributed by atoms with Crippen molar-refractivity contribution in [3.63, 3.8) is 0 Å². The first-order valence-corrected chi connectivity index (χ1v) is 11.3. The van der Waals surface area contributed by atoms with Crippen LogP contribution in [0.15, 0.2) is 47.2 Å². The van der Waals surface area contributed by atoms with E-state index in [0.29, 0.717) is 41.6 Å². The number of likely N-dealkylation sites (tertiary alicyclic amines) is 1. The summed E-state index contributed by atoms with van der Waals surface area (Å²) >= 11 is 0. The van der Waals surface area contributed by atoms with Crippen LogP contribution in [0.25, 0.3) is 17.0 Å². The van der Waals surface area contributed by atoms with Crippen molar-refractivity contribution in [3.8, 4) is 11.4 Å². The highest BCUT2D eigenvalue weighted by Crippen LogP contribution is 2.32. The second kappa shape index (κ2) is 8.19. The first kappa shape index (κ1) is 21.3. The van der Waals surface area contributed by atoms with Gasteiger partial charge < -0.3 is 19.5 Å². The molecule has 0 unspecified atom stereocenters. The minimum atomic E-state index is -0.514. The lowest BCUT2D eigenvalue weighted by atomic mass is 10.0. The van der Waals surface area contributed by atoms with Gasteiger partial charge in [0.1, 0.15) is 23.3 Å². The molecule has 2 aliphatic rings. The van der Waals surface area contributed by atoms with E-state index in [-0.39, 0.29) is 29.5 Å². The molecule has 1 aliphatic heterocycles. The van der Waals surface area contributed by atoms with Gasteiger partial charge in [-0.1, -0.05) is 11.2 Å². The van der Waals surface area contributed by atoms with Gasteiger partial charge in [-0.2, -0.15) is 4.98 Å². The van der Waals surface area contributed by atoms with Crippen molar-refractivity contribution in [1.82, 2.24) is 24.4 Å². The van der Waals surface area contributed by atoms with Gasteiger partial charge in [-0.25, -0.2) is 14.2 Å². The van der Waals surface area contributed by atoms with Crippen molar-refractivity contribution in [2.24, 2.45) is 0 Å². The molecule has 11 heteroatoms. The van der Waals surface area contributed by atoms with Crippen LogP contribution in [0.1, 0.15) is 40.7 Å². The monoisotopic (exact) mass is 476 g/mol. The molecular formula is C24H21FN6O4. The summed E-state index contributed by atoms with van der Waals surface area (Å²) in [5, 5.41) is 6.75. The maximum Gasteiger partial charge on any atom is 0.410 e. The number of anilines is 1. The summed E-state index contributed by atoms with van der Waals surface area (Å²) in [6.07, 6.45) is 4.77. The maximum atomic E-state index is 14.8. The first-order chi connectivity index (χ1) is 17.0. The number of benzene rings is 1. The van der Waals surface area contributed by atoms with E-state index in [2.05, 4.69) is 20.4 Å². The summed E-state index contributed by atoms with van der Waals surface area (Å²) in [7, 11) is 0. The Bertz CT molecular complexity index is 1450. The van der Waals surface area contributed by atoms with Crippen LogP contribution in [0.2, 0.25) is 0 Å². The van der Waals surface area contributed by atoms with Crippen molar-refractivity contribution in [2.75, 3.05) is 18.4 Å². The Hall–Kier alpha value is -4.28. The quantitative estimate of drug-likeness (QED) is 0.466. The highest BCUT2D eigenvalue weighted by molar-refractivity contribution is 6.04. The molecule has 4 aromatic rings. The Balaban J connectivity index is 1.19. The fraction of sp³-hybridized carbons (Fsp3) is 0.292. The van der Waals surface area contributed by atoms with Gasteiger partial charge in [0.2, 0.25) is 11.7 Å². The lowest BCUT2D eigenvalue weighted by Gasteiger charge is -2.35. The van der Waals surface area contributed by atoms with Crippen molar-refractivity contribution in [3.05, 3.63) is 65.7 Å². The normalized spacial score (nSPS) is 15.8. The van der Waals surface area contributed by atoms with Gasteiger partial charge in [0.25, 0.3) is 5.91 Å². The van der Waals surface area contributed by atoms with Crippen LogP contribution in [-0.4, -0.2) is 55.6 Å². The predicted molar refractivity (Wildman–Crippen MR) is 121 cm³/mol. The molecule has 0 atom stereocenters. The Morgan fingerprint density at radius 3 is 2.86 bits per heavy atom. The third-order valence-corrected chi connectivity index (χ3v) is 6.22. The van der Waals surface area contributed by atoms with Crippen LogP contribution >= 0.6 is 0 Å². The lowest BCUT2D eigenvalue weighted by Crippen LogP contribution is -2.49. The zero-order valence-electron chi connectivity index (χ0n) is 18.8. The van der Waals surface area contributed by atoms with Gasteiger partial charge >= 0.3 is 6.09 Å². The number of carbonyl (C=O) groups is 2. The third-order valence-electron chi connectivity index (χ3n) is 6.22. The standard InChI is InChI=1S/C24H21FN6O4/c1-13-17(25)8-14(9-18(13)27-22(32)19-10-26-20-4-2-3-7-31(19)20)21-28-23(35-29-21)15-11-30(12-15)24(33)34-16-5-6-16/h2-4,7-10,15-16H,5-6,11-12H2,1H3,(H,27,32). The zero-order valence-corrected chi connectivity index (χ0v) is 18.8. The van der Waals surface area contributed by atoms with Crippen molar-refractivity contribution in [2.45, 2.75) is 31.8 Å². The number of hydrogen-bond acceptors (Lipinski definition) is 7. The molecular weight excluding hydrogens is 455 g/mol. The number of nitrogens with zero attached hydrogens (tertiary/aromatic N) is 5. The molecule has 1 aromatic carbocycles.